The second-order valence-electron chi connectivity index (χ2n) is 4.46. The zero-order valence-corrected chi connectivity index (χ0v) is 11.4. The van der Waals surface area contributed by atoms with Gasteiger partial charge in [-0.05, 0) is 23.1 Å². The maximum absolute atomic E-state index is 4.27. The van der Waals surface area contributed by atoms with Gasteiger partial charge in [0.25, 0.3) is 0 Å². The summed E-state index contributed by atoms with van der Waals surface area (Å²) in [7, 11) is 0. The lowest BCUT2D eigenvalue weighted by molar-refractivity contribution is 0.682. The molecule has 0 bridgehead atoms. The van der Waals surface area contributed by atoms with Crippen LogP contribution in [-0.2, 0) is 13.0 Å². The maximum Gasteiger partial charge on any atom is 0.0794 e. The van der Waals surface area contributed by atoms with Crippen molar-refractivity contribution in [2.24, 2.45) is 0 Å². The molecule has 3 nitrogen and oxygen atoms in total. The first kappa shape index (κ1) is 12.3. The molecule has 0 saturated heterocycles. The number of nitrogens with zero attached hydrogens (tertiary/aromatic N) is 2. The summed E-state index contributed by atoms with van der Waals surface area (Å²) in [5.74, 6) is 0. The van der Waals surface area contributed by atoms with Crippen LogP contribution < -0.4 is 5.32 Å². The van der Waals surface area contributed by atoms with Gasteiger partial charge in [-0.2, -0.15) is 0 Å². The topological polar surface area (TPSA) is 37.8 Å². The smallest absolute Gasteiger partial charge is 0.0794 e. The monoisotopic (exact) mass is 269 g/mol. The molecule has 0 fully saturated rings. The predicted molar refractivity (Wildman–Crippen MR) is 79.3 cm³/mol. The van der Waals surface area contributed by atoms with E-state index < -0.39 is 0 Å². The van der Waals surface area contributed by atoms with Crippen LogP contribution in [0.3, 0.4) is 0 Å². The molecular weight excluding hydrogens is 254 g/mol. The number of nitrogens with one attached hydrogen (secondary N) is 1. The lowest BCUT2D eigenvalue weighted by Gasteiger charge is -2.05. The Morgan fingerprint density at radius 2 is 2.16 bits per heavy atom. The van der Waals surface area contributed by atoms with Gasteiger partial charge in [-0.3, -0.25) is 4.98 Å². The highest BCUT2D eigenvalue weighted by Gasteiger charge is 1.98. The number of hydrogen-bond donors (Lipinski definition) is 1. The molecule has 0 saturated carbocycles. The van der Waals surface area contributed by atoms with E-state index in [0.29, 0.717) is 0 Å². The SMILES string of the molecule is c1cc2cc(CNCCc3cscn3)ccc2cn1. The van der Waals surface area contributed by atoms with Crippen molar-refractivity contribution in [3.05, 3.63) is 58.8 Å². The molecule has 96 valence electrons. The van der Waals surface area contributed by atoms with Crippen molar-refractivity contribution in [1.82, 2.24) is 15.3 Å². The molecule has 0 amide bonds. The predicted octanol–water partition coefficient (Wildman–Crippen LogP) is 3.02. The van der Waals surface area contributed by atoms with E-state index in [1.54, 1.807) is 11.3 Å². The third-order valence-electron chi connectivity index (χ3n) is 3.08. The summed E-state index contributed by atoms with van der Waals surface area (Å²) >= 11 is 1.65. The van der Waals surface area contributed by atoms with Crippen LogP contribution in [0.15, 0.2) is 47.5 Å². The molecule has 3 aromatic rings. The number of benzene rings is 1. The van der Waals surface area contributed by atoms with Crippen molar-refractivity contribution in [2.45, 2.75) is 13.0 Å². The fraction of sp³-hybridized carbons (Fsp3) is 0.200. The minimum Gasteiger partial charge on any atom is -0.312 e. The van der Waals surface area contributed by atoms with E-state index in [4.69, 9.17) is 0 Å². The van der Waals surface area contributed by atoms with Gasteiger partial charge in [0.1, 0.15) is 0 Å². The largest absolute Gasteiger partial charge is 0.312 e. The molecule has 3 rings (SSSR count). The number of rotatable bonds is 5. The minimum atomic E-state index is 0.891. The van der Waals surface area contributed by atoms with E-state index in [2.05, 4.69) is 38.9 Å². The summed E-state index contributed by atoms with van der Waals surface area (Å²) in [4.78, 5) is 8.40. The standard InChI is InChI=1S/C15H15N3S/c1-2-14-9-17-5-3-13(14)7-12(1)8-16-6-4-15-10-19-11-18-15/h1-3,5,7,9-11,16H,4,6,8H2. The van der Waals surface area contributed by atoms with Gasteiger partial charge < -0.3 is 5.32 Å². The number of fused-ring (bicyclic) bond motifs is 1. The first-order valence-electron chi connectivity index (χ1n) is 6.32. The van der Waals surface area contributed by atoms with E-state index in [0.717, 1.165) is 19.5 Å². The van der Waals surface area contributed by atoms with Crippen molar-refractivity contribution >= 4 is 22.1 Å². The Kier molecular flexibility index (Phi) is 3.81. The van der Waals surface area contributed by atoms with Crippen LogP contribution in [0.25, 0.3) is 10.8 Å². The highest BCUT2D eigenvalue weighted by atomic mass is 32.1. The molecular formula is C15H15N3S. The van der Waals surface area contributed by atoms with Crippen molar-refractivity contribution in [1.29, 1.82) is 0 Å². The first-order valence-corrected chi connectivity index (χ1v) is 7.26. The van der Waals surface area contributed by atoms with Crippen molar-refractivity contribution < 1.29 is 0 Å². The van der Waals surface area contributed by atoms with Crippen molar-refractivity contribution in [3.63, 3.8) is 0 Å². The van der Waals surface area contributed by atoms with E-state index in [1.807, 2.05) is 24.0 Å². The van der Waals surface area contributed by atoms with Crippen LogP contribution in [0, 0.1) is 0 Å². The van der Waals surface area contributed by atoms with Gasteiger partial charge in [-0.15, -0.1) is 11.3 Å². The van der Waals surface area contributed by atoms with E-state index >= 15 is 0 Å². The van der Waals surface area contributed by atoms with Gasteiger partial charge in [0, 0.05) is 42.7 Å². The second-order valence-corrected chi connectivity index (χ2v) is 5.18. The van der Waals surface area contributed by atoms with Crippen molar-refractivity contribution in [2.75, 3.05) is 6.54 Å². The molecule has 1 N–H and O–H groups in total. The first-order chi connectivity index (χ1) is 9.42. The summed E-state index contributed by atoms with van der Waals surface area (Å²) < 4.78 is 0. The molecule has 0 unspecified atom stereocenters. The zero-order chi connectivity index (χ0) is 12.9. The molecule has 0 atom stereocenters. The lowest BCUT2D eigenvalue weighted by Crippen LogP contribution is -2.16. The van der Waals surface area contributed by atoms with Gasteiger partial charge in [-0.25, -0.2) is 4.98 Å². The third kappa shape index (κ3) is 3.16. The summed E-state index contributed by atoms with van der Waals surface area (Å²) in [5, 5.41) is 7.99. The average Bonchev–Trinajstić information content (AvgIpc) is 2.97. The molecule has 2 aromatic heterocycles. The molecule has 0 aliphatic heterocycles. The van der Waals surface area contributed by atoms with Gasteiger partial charge in [0.2, 0.25) is 0 Å². The van der Waals surface area contributed by atoms with Crippen LogP contribution in [-0.4, -0.2) is 16.5 Å². The molecule has 19 heavy (non-hydrogen) atoms. The highest BCUT2D eigenvalue weighted by Crippen LogP contribution is 2.14. The summed E-state index contributed by atoms with van der Waals surface area (Å²) in [6.07, 6.45) is 4.72. The van der Waals surface area contributed by atoms with Crippen molar-refractivity contribution in [3.8, 4) is 0 Å². The molecule has 0 spiro atoms. The third-order valence-corrected chi connectivity index (χ3v) is 3.71. The molecule has 0 radical (unpaired) electrons. The number of thiazole rings is 1. The van der Waals surface area contributed by atoms with Crippen LogP contribution in [0.5, 0.6) is 0 Å². The van der Waals surface area contributed by atoms with E-state index in [9.17, 15) is 0 Å². The van der Waals surface area contributed by atoms with Gasteiger partial charge in [0.15, 0.2) is 0 Å². The van der Waals surface area contributed by atoms with E-state index in [1.165, 1.54) is 22.0 Å². The maximum atomic E-state index is 4.27. The normalized spacial score (nSPS) is 10.9. The van der Waals surface area contributed by atoms with Gasteiger partial charge in [-0.1, -0.05) is 12.1 Å². The quantitative estimate of drug-likeness (QED) is 0.723. The lowest BCUT2D eigenvalue weighted by atomic mass is 10.1. The Bertz CT molecular complexity index is 649. The Morgan fingerprint density at radius 3 is 3.05 bits per heavy atom. The fourth-order valence-corrected chi connectivity index (χ4v) is 2.65. The zero-order valence-electron chi connectivity index (χ0n) is 10.5. The second kappa shape index (κ2) is 5.91. The highest BCUT2D eigenvalue weighted by molar-refractivity contribution is 7.07. The van der Waals surface area contributed by atoms with Crippen LogP contribution in [0.2, 0.25) is 0 Å². The van der Waals surface area contributed by atoms with E-state index in [-0.39, 0.29) is 0 Å². The number of aromatic nitrogens is 2. The molecule has 2 heterocycles. The summed E-state index contributed by atoms with van der Waals surface area (Å²) in [6, 6.07) is 8.54. The Hall–Kier alpha value is -1.78. The van der Waals surface area contributed by atoms with Gasteiger partial charge in [0.05, 0.1) is 11.2 Å². The Balaban J connectivity index is 1.56. The Labute approximate surface area is 116 Å². The molecule has 1 aromatic carbocycles. The van der Waals surface area contributed by atoms with Crippen LogP contribution in [0.1, 0.15) is 11.3 Å². The molecule has 0 aliphatic carbocycles. The number of pyridine rings is 1. The average molecular weight is 269 g/mol. The molecule has 0 aliphatic rings. The minimum absolute atomic E-state index is 0.891. The molecule has 4 heteroatoms. The summed E-state index contributed by atoms with van der Waals surface area (Å²) in [6.45, 7) is 1.85. The number of hydrogen-bond acceptors (Lipinski definition) is 4. The van der Waals surface area contributed by atoms with Crippen LogP contribution >= 0.6 is 11.3 Å². The van der Waals surface area contributed by atoms with Crippen LogP contribution in [0.4, 0.5) is 0 Å². The summed E-state index contributed by atoms with van der Waals surface area (Å²) in [5.41, 5.74) is 4.35. The Morgan fingerprint density at radius 1 is 1.16 bits per heavy atom. The van der Waals surface area contributed by atoms with Gasteiger partial charge >= 0.3 is 0 Å². The fourth-order valence-electron chi connectivity index (χ4n) is 2.05.